The molecule has 2 N–H and O–H groups in total. The lowest BCUT2D eigenvalue weighted by atomic mass is 9.75. The monoisotopic (exact) mass is 247 g/mol. The molecule has 0 unspecified atom stereocenters. The van der Waals surface area contributed by atoms with Crippen molar-refractivity contribution in [3.8, 4) is 0 Å². The highest BCUT2D eigenvalue weighted by Gasteiger charge is 2.29. The molecule has 1 aliphatic rings. The molecule has 1 saturated carbocycles. The van der Waals surface area contributed by atoms with Gasteiger partial charge >= 0.3 is 0 Å². The fourth-order valence-electron chi connectivity index (χ4n) is 2.78. The van der Waals surface area contributed by atoms with Crippen molar-refractivity contribution in [3.63, 3.8) is 0 Å². The maximum Gasteiger partial charge on any atom is 0.152 e. The number of hydrogen-bond donors (Lipinski definition) is 1. The number of aryl methyl sites for hydroxylation is 1. The number of nitrogens with two attached hydrogens (primary N) is 1. The predicted octanol–water partition coefficient (Wildman–Crippen LogP) is 3.38. The maximum atomic E-state index is 6.14. The van der Waals surface area contributed by atoms with E-state index in [9.17, 15) is 0 Å². The summed E-state index contributed by atoms with van der Waals surface area (Å²) in [4.78, 5) is 6.73. The van der Waals surface area contributed by atoms with Crippen LogP contribution in [0.2, 0.25) is 0 Å². The fourth-order valence-corrected chi connectivity index (χ4v) is 2.78. The largest absolute Gasteiger partial charge is 0.396 e. The third-order valence-corrected chi connectivity index (χ3v) is 4.38. The van der Waals surface area contributed by atoms with Gasteiger partial charge in [-0.05, 0) is 49.7 Å². The second-order valence-corrected chi connectivity index (χ2v) is 6.37. The number of aromatic nitrogens is 1. The Labute approximate surface area is 110 Å². The van der Waals surface area contributed by atoms with Crippen molar-refractivity contribution in [2.75, 3.05) is 17.7 Å². The molecule has 2 rings (SSSR count). The molecule has 0 bridgehead atoms. The summed E-state index contributed by atoms with van der Waals surface area (Å²) in [6.07, 6.45) is 6.89. The first-order valence-electron chi connectivity index (χ1n) is 6.85. The second-order valence-electron chi connectivity index (χ2n) is 6.37. The highest BCUT2D eigenvalue weighted by molar-refractivity contribution is 5.66. The van der Waals surface area contributed by atoms with Crippen molar-refractivity contribution in [1.29, 1.82) is 0 Å². The zero-order valence-corrected chi connectivity index (χ0v) is 12.0. The molecule has 3 heteroatoms. The SMILES string of the molecule is Cc1ccnc(N(C)C2CCC(C)(C)CC2)c1N. The molecule has 0 aromatic carbocycles. The Bertz CT molecular complexity index is 416. The Kier molecular flexibility index (Phi) is 3.51. The lowest BCUT2D eigenvalue weighted by Crippen LogP contribution is -2.38. The van der Waals surface area contributed by atoms with Gasteiger partial charge in [0.15, 0.2) is 5.82 Å². The Morgan fingerprint density at radius 1 is 1.33 bits per heavy atom. The van der Waals surface area contributed by atoms with Gasteiger partial charge in [0.25, 0.3) is 0 Å². The quantitative estimate of drug-likeness (QED) is 0.871. The van der Waals surface area contributed by atoms with Crippen LogP contribution in [0.1, 0.15) is 45.1 Å². The van der Waals surface area contributed by atoms with Gasteiger partial charge < -0.3 is 10.6 Å². The third kappa shape index (κ3) is 2.60. The summed E-state index contributed by atoms with van der Waals surface area (Å²) in [5.74, 6) is 0.944. The third-order valence-electron chi connectivity index (χ3n) is 4.38. The van der Waals surface area contributed by atoms with Crippen molar-refractivity contribution in [1.82, 2.24) is 4.98 Å². The van der Waals surface area contributed by atoms with Gasteiger partial charge in [0.2, 0.25) is 0 Å². The van der Waals surface area contributed by atoms with Gasteiger partial charge in [0.05, 0.1) is 5.69 Å². The van der Waals surface area contributed by atoms with Crippen LogP contribution < -0.4 is 10.6 Å². The lowest BCUT2D eigenvalue weighted by molar-refractivity contribution is 0.222. The summed E-state index contributed by atoms with van der Waals surface area (Å²) in [6, 6.07) is 2.55. The van der Waals surface area contributed by atoms with Crippen LogP contribution in [0.15, 0.2) is 12.3 Å². The summed E-state index contributed by atoms with van der Waals surface area (Å²) < 4.78 is 0. The summed E-state index contributed by atoms with van der Waals surface area (Å²) in [6.45, 7) is 6.77. The molecular weight excluding hydrogens is 222 g/mol. The first-order valence-corrected chi connectivity index (χ1v) is 6.85. The van der Waals surface area contributed by atoms with Crippen LogP contribution in [0.5, 0.6) is 0 Å². The van der Waals surface area contributed by atoms with Gasteiger partial charge in [-0.2, -0.15) is 0 Å². The minimum Gasteiger partial charge on any atom is -0.396 e. The molecule has 0 radical (unpaired) electrons. The molecule has 18 heavy (non-hydrogen) atoms. The van der Waals surface area contributed by atoms with Gasteiger partial charge in [0, 0.05) is 19.3 Å². The highest BCUT2D eigenvalue weighted by atomic mass is 15.2. The lowest BCUT2D eigenvalue weighted by Gasteiger charge is -2.39. The Hall–Kier alpha value is -1.25. The van der Waals surface area contributed by atoms with Crippen molar-refractivity contribution in [2.24, 2.45) is 5.41 Å². The Morgan fingerprint density at radius 2 is 1.94 bits per heavy atom. The summed E-state index contributed by atoms with van der Waals surface area (Å²) in [5.41, 5.74) is 8.58. The van der Waals surface area contributed by atoms with Crippen molar-refractivity contribution in [2.45, 2.75) is 52.5 Å². The first kappa shape index (κ1) is 13.2. The van der Waals surface area contributed by atoms with Crippen LogP contribution in [0, 0.1) is 12.3 Å². The minimum absolute atomic E-state index is 0.503. The molecule has 1 fully saturated rings. The number of pyridine rings is 1. The van der Waals surface area contributed by atoms with Crippen LogP contribution in [0.3, 0.4) is 0 Å². The Morgan fingerprint density at radius 3 is 2.56 bits per heavy atom. The molecule has 0 aliphatic heterocycles. The molecule has 0 saturated heterocycles. The number of nitrogen functional groups attached to an aromatic ring is 1. The smallest absolute Gasteiger partial charge is 0.152 e. The number of hydrogen-bond acceptors (Lipinski definition) is 3. The molecule has 1 aliphatic carbocycles. The van der Waals surface area contributed by atoms with Crippen LogP contribution in [0.4, 0.5) is 11.5 Å². The van der Waals surface area contributed by atoms with E-state index in [-0.39, 0.29) is 0 Å². The summed E-state index contributed by atoms with van der Waals surface area (Å²) >= 11 is 0. The molecule has 0 atom stereocenters. The van der Waals surface area contributed by atoms with E-state index in [4.69, 9.17) is 5.73 Å². The zero-order chi connectivity index (χ0) is 13.3. The van der Waals surface area contributed by atoms with E-state index in [0.717, 1.165) is 17.1 Å². The van der Waals surface area contributed by atoms with Crippen LogP contribution in [-0.2, 0) is 0 Å². The maximum absolute atomic E-state index is 6.14. The molecule has 0 spiro atoms. The number of nitrogens with zero attached hydrogens (tertiary/aromatic N) is 2. The normalized spacial score (nSPS) is 19.8. The van der Waals surface area contributed by atoms with Gasteiger partial charge in [-0.3, -0.25) is 0 Å². The van der Waals surface area contributed by atoms with Crippen LogP contribution in [-0.4, -0.2) is 18.1 Å². The minimum atomic E-state index is 0.503. The summed E-state index contributed by atoms with van der Waals surface area (Å²) in [7, 11) is 2.13. The van der Waals surface area contributed by atoms with E-state index in [1.54, 1.807) is 0 Å². The second kappa shape index (κ2) is 4.79. The van der Waals surface area contributed by atoms with Crippen molar-refractivity contribution in [3.05, 3.63) is 17.8 Å². The fraction of sp³-hybridized carbons (Fsp3) is 0.667. The standard InChI is InChI=1S/C15H25N3/c1-11-7-10-17-14(13(11)16)18(4)12-5-8-15(2,3)9-6-12/h7,10,12H,5-6,8-9,16H2,1-4H3. The molecule has 0 amide bonds. The van der Waals surface area contributed by atoms with Gasteiger partial charge in [-0.25, -0.2) is 4.98 Å². The molecule has 100 valence electrons. The van der Waals surface area contributed by atoms with Crippen LogP contribution in [0.25, 0.3) is 0 Å². The van der Waals surface area contributed by atoms with E-state index in [1.165, 1.54) is 25.7 Å². The van der Waals surface area contributed by atoms with Gasteiger partial charge in [0.1, 0.15) is 0 Å². The topological polar surface area (TPSA) is 42.2 Å². The molecular formula is C15H25N3. The first-order chi connectivity index (χ1) is 8.41. The Balaban J connectivity index is 2.12. The average molecular weight is 247 g/mol. The average Bonchev–Trinajstić information content (AvgIpc) is 2.32. The molecule has 1 aromatic heterocycles. The number of rotatable bonds is 2. The molecule has 3 nitrogen and oxygen atoms in total. The van der Waals surface area contributed by atoms with E-state index in [1.807, 2.05) is 19.2 Å². The molecule has 1 aromatic rings. The zero-order valence-electron chi connectivity index (χ0n) is 12.0. The van der Waals surface area contributed by atoms with Gasteiger partial charge in [-0.15, -0.1) is 0 Å². The van der Waals surface area contributed by atoms with E-state index in [2.05, 4.69) is 30.8 Å². The highest BCUT2D eigenvalue weighted by Crippen LogP contribution is 2.38. The summed E-state index contributed by atoms with van der Waals surface area (Å²) in [5, 5.41) is 0. The van der Waals surface area contributed by atoms with Crippen molar-refractivity contribution < 1.29 is 0 Å². The van der Waals surface area contributed by atoms with E-state index < -0.39 is 0 Å². The van der Waals surface area contributed by atoms with Crippen LogP contribution >= 0.6 is 0 Å². The number of anilines is 2. The van der Waals surface area contributed by atoms with Crippen molar-refractivity contribution >= 4 is 11.5 Å². The predicted molar refractivity (Wildman–Crippen MR) is 77.8 cm³/mol. The molecule has 1 heterocycles. The van der Waals surface area contributed by atoms with E-state index in [0.29, 0.717) is 11.5 Å². The van der Waals surface area contributed by atoms with E-state index >= 15 is 0 Å². The van der Waals surface area contributed by atoms with Gasteiger partial charge in [-0.1, -0.05) is 13.8 Å².